The molecule has 3 rings (SSSR count). The van der Waals surface area contributed by atoms with E-state index >= 15 is 0 Å². The van der Waals surface area contributed by atoms with E-state index in [1.807, 2.05) is 13.8 Å². The average Bonchev–Trinajstić information content (AvgIpc) is 2.93. The zero-order chi connectivity index (χ0) is 21.0. The zero-order valence-electron chi connectivity index (χ0n) is 16.2. The number of imide groups is 1. The maximum Gasteiger partial charge on any atom is 0.278 e. The molecule has 8 nitrogen and oxygen atoms in total. The van der Waals surface area contributed by atoms with Crippen LogP contribution in [0.25, 0.3) is 5.57 Å². The molecule has 1 aliphatic rings. The summed E-state index contributed by atoms with van der Waals surface area (Å²) in [6.07, 6.45) is 0.623. The average molecular weight is 395 g/mol. The third-order valence-corrected chi connectivity index (χ3v) is 4.40. The Labute approximate surface area is 167 Å². The number of benzene rings is 2. The number of ether oxygens (including phenoxy) is 1. The number of carbonyl (C=O) groups excluding carboxylic acids is 2. The molecule has 150 valence electrons. The second-order valence-corrected chi connectivity index (χ2v) is 6.40. The summed E-state index contributed by atoms with van der Waals surface area (Å²) in [6, 6.07) is 12.7. The van der Waals surface area contributed by atoms with Crippen molar-refractivity contribution < 1.29 is 19.2 Å². The number of rotatable bonds is 8. The fourth-order valence-corrected chi connectivity index (χ4v) is 3.11. The molecular formula is C21H21N3O5. The third-order valence-electron chi connectivity index (χ3n) is 4.40. The van der Waals surface area contributed by atoms with Crippen molar-refractivity contribution in [2.24, 2.45) is 0 Å². The number of anilines is 1. The Bertz CT molecular complexity index is 982. The highest BCUT2D eigenvalue weighted by Crippen LogP contribution is 2.32. The van der Waals surface area contributed by atoms with Crippen molar-refractivity contribution in [1.29, 1.82) is 0 Å². The number of hydrogen-bond acceptors (Lipinski definition) is 6. The Kier molecular flexibility index (Phi) is 5.92. The quantitative estimate of drug-likeness (QED) is 0.416. The Morgan fingerprint density at radius 3 is 2.41 bits per heavy atom. The first-order chi connectivity index (χ1) is 14.0. The van der Waals surface area contributed by atoms with E-state index in [-0.39, 0.29) is 23.5 Å². The van der Waals surface area contributed by atoms with E-state index in [0.29, 0.717) is 30.0 Å². The van der Waals surface area contributed by atoms with Gasteiger partial charge >= 0.3 is 0 Å². The topological polar surface area (TPSA) is 102 Å². The molecule has 0 saturated heterocycles. The molecule has 2 aromatic rings. The van der Waals surface area contributed by atoms with E-state index in [0.717, 1.165) is 0 Å². The molecule has 0 aliphatic carbocycles. The van der Waals surface area contributed by atoms with E-state index in [9.17, 15) is 19.7 Å². The second kappa shape index (κ2) is 8.55. The van der Waals surface area contributed by atoms with Crippen LogP contribution in [-0.2, 0) is 9.59 Å². The van der Waals surface area contributed by atoms with Crippen LogP contribution in [0.1, 0.15) is 25.8 Å². The Morgan fingerprint density at radius 2 is 1.79 bits per heavy atom. The Morgan fingerprint density at radius 1 is 1.07 bits per heavy atom. The first-order valence-electron chi connectivity index (χ1n) is 9.31. The fraction of sp³-hybridized carbons (Fsp3) is 0.238. The van der Waals surface area contributed by atoms with Gasteiger partial charge in [0.05, 0.1) is 17.1 Å². The lowest BCUT2D eigenvalue weighted by molar-refractivity contribution is -0.384. The van der Waals surface area contributed by atoms with Gasteiger partial charge in [-0.25, -0.2) is 0 Å². The van der Waals surface area contributed by atoms with Gasteiger partial charge in [-0.3, -0.25) is 24.6 Å². The molecule has 2 aromatic carbocycles. The molecule has 1 N–H and O–H groups in total. The molecule has 0 atom stereocenters. The Balaban J connectivity index is 2.03. The first-order valence-corrected chi connectivity index (χ1v) is 9.31. The fourth-order valence-electron chi connectivity index (χ4n) is 3.11. The lowest BCUT2D eigenvalue weighted by Crippen LogP contribution is -2.33. The summed E-state index contributed by atoms with van der Waals surface area (Å²) in [6.45, 7) is 4.54. The van der Waals surface area contributed by atoms with Gasteiger partial charge in [0.2, 0.25) is 0 Å². The second-order valence-electron chi connectivity index (χ2n) is 6.40. The van der Waals surface area contributed by atoms with E-state index in [2.05, 4.69) is 5.32 Å². The van der Waals surface area contributed by atoms with Gasteiger partial charge in [-0.05, 0) is 43.2 Å². The molecule has 1 heterocycles. The van der Waals surface area contributed by atoms with Crippen molar-refractivity contribution >= 4 is 28.8 Å². The molecule has 2 amide bonds. The van der Waals surface area contributed by atoms with Gasteiger partial charge in [0, 0.05) is 30.4 Å². The molecule has 0 bridgehead atoms. The van der Waals surface area contributed by atoms with Crippen LogP contribution in [0.3, 0.4) is 0 Å². The molecule has 0 saturated carbocycles. The summed E-state index contributed by atoms with van der Waals surface area (Å²) in [7, 11) is 0. The van der Waals surface area contributed by atoms with E-state index < -0.39 is 16.7 Å². The van der Waals surface area contributed by atoms with Crippen LogP contribution in [0.15, 0.2) is 54.2 Å². The van der Waals surface area contributed by atoms with Crippen molar-refractivity contribution in [3.63, 3.8) is 0 Å². The van der Waals surface area contributed by atoms with Crippen LogP contribution >= 0.6 is 0 Å². The van der Waals surface area contributed by atoms with Gasteiger partial charge in [-0.1, -0.05) is 13.0 Å². The smallest absolute Gasteiger partial charge is 0.278 e. The summed E-state index contributed by atoms with van der Waals surface area (Å²) >= 11 is 0. The van der Waals surface area contributed by atoms with Gasteiger partial charge < -0.3 is 10.1 Å². The van der Waals surface area contributed by atoms with Gasteiger partial charge in [0.25, 0.3) is 17.5 Å². The predicted molar refractivity (Wildman–Crippen MR) is 108 cm³/mol. The minimum Gasteiger partial charge on any atom is -0.494 e. The minimum absolute atomic E-state index is 0.0875. The van der Waals surface area contributed by atoms with Crippen molar-refractivity contribution in [3.05, 3.63) is 69.9 Å². The molecule has 8 heteroatoms. The lowest BCUT2D eigenvalue weighted by Gasteiger charge is -2.14. The summed E-state index contributed by atoms with van der Waals surface area (Å²) in [5.41, 5.74) is 1.29. The largest absolute Gasteiger partial charge is 0.494 e. The highest BCUT2D eigenvalue weighted by Gasteiger charge is 2.38. The number of nitrogens with zero attached hydrogens (tertiary/aromatic N) is 2. The molecule has 1 aliphatic heterocycles. The molecule has 0 fully saturated rings. The summed E-state index contributed by atoms with van der Waals surface area (Å²) in [4.78, 5) is 37.5. The van der Waals surface area contributed by atoms with Crippen molar-refractivity contribution in [1.82, 2.24) is 4.90 Å². The molecule has 0 radical (unpaired) electrons. The van der Waals surface area contributed by atoms with Crippen LogP contribution in [-0.4, -0.2) is 34.8 Å². The number of nitrogens with one attached hydrogen (secondary N) is 1. The van der Waals surface area contributed by atoms with Crippen LogP contribution in [0, 0.1) is 10.1 Å². The number of hydrogen-bond donors (Lipinski definition) is 1. The van der Waals surface area contributed by atoms with E-state index in [4.69, 9.17) is 4.74 Å². The minimum atomic E-state index is -0.512. The van der Waals surface area contributed by atoms with E-state index in [1.165, 1.54) is 29.2 Å². The van der Waals surface area contributed by atoms with Gasteiger partial charge in [-0.2, -0.15) is 0 Å². The first kappa shape index (κ1) is 20.1. The number of amides is 2. The van der Waals surface area contributed by atoms with Crippen LogP contribution in [0.4, 0.5) is 11.4 Å². The molecule has 0 aromatic heterocycles. The van der Waals surface area contributed by atoms with Crippen LogP contribution in [0.5, 0.6) is 5.75 Å². The van der Waals surface area contributed by atoms with Crippen molar-refractivity contribution in [2.45, 2.75) is 20.3 Å². The number of nitro groups is 1. The summed E-state index contributed by atoms with van der Waals surface area (Å²) in [5.74, 6) is -0.210. The van der Waals surface area contributed by atoms with Crippen LogP contribution in [0.2, 0.25) is 0 Å². The predicted octanol–water partition coefficient (Wildman–Crippen LogP) is 3.60. The molecule has 29 heavy (non-hydrogen) atoms. The highest BCUT2D eigenvalue weighted by molar-refractivity contribution is 6.36. The monoisotopic (exact) mass is 395 g/mol. The van der Waals surface area contributed by atoms with Crippen molar-refractivity contribution in [3.8, 4) is 5.75 Å². The summed E-state index contributed by atoms with van der Waals surface area (Å²) < 4.78 is 5.48. The van der Waals surface area contributed by atoms with Gasteiger partial charge in [-0.15, -0.1) is 0 Å². The number of non-ortho nitro benzene ring substituents is 1. The number of nitro benzene ring substituents is 1. The molecular weight excluding hydrogens is 374 g/mol. The number of carbonyl (C=O) groups is 2. The molecule has 0 spiro atoms. The third kappa shape index (κ3) is 4.11. The standard InChI is InChI=1S/C21H21N3O5/c1-3-12-23-20(25)18(14-8-10-16(11-9-14)24(27)28)19(21(23)26)22-15-6-5-7-17(13-15)29-4-2/h5-11,13,22H,3-4,12H2,1-2H3. The van der Waals surface area contributed by atoms with Crippen LogP contribution < -0.4 is 10.1 Å². The maximum absolute atomic E-state index is 12.9. The SMILES string of the molecule is CCCN1C(=O)C(Nc2cccc(OCC)c2)=C(c2ccc([N+](=O)[O-])cc2)C1=O. The van der Waals surface area contributed by atoms with Crippen molar-refractivity contribution in [2.75, 3.05) is 18.5 Å². The maximum atomic E-state index is 12.9. The normalized spacial score (nSPS) is 13.8. The van der Waals surface area contributed by atoms with Gasteiger partial charge in [0.15, 0.2) is 0 Å². The highest BCUT2D eigenvalue weighted by atomic mass is 16.6. The lowest BCUT2D eigenvalue weighted by atomic mass is 10.0. The molecule has 0 unspecified atom stereocenters. The zero-order valence-corrected chi connectivity index (χ0v) is 16.2. The van der Waals surface area contributed by atoms with E-state index in [1.54, 1.807) is 24.3 Å². The summed E-state index contributed by atoms with van der Waals surface area (Å²) in [5, 5.41) is 14.0. The Hall–Kier alpha value is -3.68. The van der Waals surface area contributed by atoms with Gasteiger partial charge in [0.1, 0.15) is 11.4 Å².